The summed E-state index contributed by atoms with van der Waals surface area (Å²) < 4.78 is 0.984. The number of hydrogen-bond acceptors (Lipinski definition) is 2. The molecule has 1 aliphatic rings. The first-order chi connectivity index (χ1) is 7.87. The van der Waals surface area contributed by atoms with E-state index in [1.165, 1.54) is 0 Å². The fourth-order valence-corrected chi connectivity index (χ4v) is 2.24. The summed E-state index contributed by atoms with van der Waals surface area (Å²) in [6.07, 6.45) is 1.92. The molecule has 1 aliphatic carbocycles. The first-order valence-electron chi connectivity index (χ1n) is 5.65. The van der Waals surface area contributed by atoms with E-state index in [-0.39, 0.29) is 5.41 Å². The molecule has 1 saturated carbocycles. The van der Waals surface area contributed by atoms with Gasteiger partial charge in [-0.15, -0.1) is 0 Å². The summed E-state index contributed by atoms with van der Waals surface area (Å²) in [4.78, 5) is 11.5. The molecule has 1 unspecified atom stereocenters. The predicted molar refractivity (Wildman–Crippen MR) is 71.1 cm³/mol. The SMILES string of the molecule is CC1(C(C)(Nc2ccc(Br)cc2)C(=O)O)CC1. The third-order valence-corrected chi connectivity index (χ3v) is 4.40. The Balaban J connectivity index is 2.25. The van der Waals surface area contributed by atoms with Crippen LogP contribution in [-0.2, 0) is 4.79 Å². The van der Waals surface area contributed by atoms with Crippen LogP contribution in [0.1, 0.15) is 26.7 Å². The lowest BCUT2D eigenvalue weighted by atomic mass is 9.83. The maximum Gasteiger partial charge on any atom is 0.329 e. The zero-order chi connectivity index (χ0) is 12.7. The lowest BCUT2D eigenvalue weighted by Crippen LogP contribution is -2.50. The average molecular weight is 298 g/mol. The van der Waals surface area contributed by atoms with Gasteiger partial charge in [-0.3, -0.25) is 0 Å². The molecule has 1 atom stereocenters. The van der Waals surface area contributed by atoms with Crippen molar-refractivity contribution >= 4 is 27.6 Å². The molecule has 1 aromatic rings. The summed E-state index contributed by atoms with van der Waals surface area (Å²) in [6.45, 7) is 3.79. The van der Waals surface area contributed by atoms with Gasteiger partial charge in [-0.25, -0.2) is 4.79 Å². The molecule has 92 valence electrons. The van der Waals surface area contributed by atoms with Gasteiger partial charge in [-0.1, -0.05) is 22.9 Å². The summed E-state index contributed by atoms with van der Waals surface area (Å²) >= 11 is 3.36. The monoisotopic (exact) mass is 297 g/mol. The van der Waals surface area contributed by atoms with E-state index in [0.29, 0.717) is 0 Å². The van der Waals surface area contributed by atoms with Crippen molar-refractivity contribution in [1.82, 2.24) is 0 Å². The van der Waals surface area contributed by atoms with Crippen LogP contribution >= 0.6 is 15.9 Å². The van der Waals surface area contributed by atoms with E-state index in [4.69, 9.17) is 0 Å². The zero-order valence-corrected chi connectivity index (χ0v) is 11.5. The Morgan fingerprint density at radius 3 is 2.35 bits per heavy atom. The van der Waals surface area contributed by atoms with E-state index in [9.17, 15) is 9.90 Å². The molecule has 0 spiro atoms. The molecule has 1 fully saturated rings. The zero-order valence-electron chi connectivity index (χ0n) is 9.96. The minimum absolute atomic E-state index is 0.147. The highest BCUT2D eigenvalue weighted by molar-refractivity contribution is 9.10. The molecule has 0 radical (unpaired) electrons. The number of carboxylic acids is 1. The quantitative estimate of drug-likeness (QED) is 0.894. The van der Waals surface area contributed by atoms with Crippen molar-refractivity contribution in [3.05, 3.63) is 28.7 Å². The topological polar surface area (TPSA) is 49.3 Å². The second-order valence-corrected chi connectivity index (χ2v) is 6.04. The van der Waals surface area contributed by atoms with Gasteiger partial charge in [-0.05, 0) is 44.0 Å². The Hall–Kier alpha value is -1.03. The molecule has 1 aromatic carbocycles. The number of carboxylic acid groups (broad SMARTS) is 1. The minimum atomic E-state index is -0.902. The van der Waals surface area contributed by atoms with E-state index in [2.05, 4.69) is 21.2 Å². The van der Waals surface area contributed by atoms with Crippen molar-refractivity contribution in [3.63, 3.8) is 0 Å². The van der Waals surface area contributed by atoms with E-state index in [1.54, 1.807) is 6.92 Å². The van der Waals surface area contributed by atoms with Crippen LogP contribution in [0, 0.1) is 5.41 Å². The largest absolute Gasteiger partial charge is 0.479 e. The summed E-state index contributed by atoms with van der Waals surface area (Å²) in [5.74, 6) is -0.791. The minimum Gasteiger partial charge on any atom is -0.479 e. The van der Waals surface area contributed by atoms with E-state index in [0.717, 1.165) is 23.0 Å². The Morgan fingerprint density at radius 1 is 1.41 bits per heavy atom. The van der Waals surface area contributed by atoms with Crippen LogP contribution in [-0.4, -0.2) is 16.6 Å². The highest BCUT2D eigenvalue weighted by atomic mass is 79.9. The van der Waals surface area contributed by atoms with Crippen LogP contribution < -0.4 is 5.32 Å². The maximum absolute atomic E-state index is 11.5. The number of hydrogen-bond donors (Lipinski definition) is 2. The molecule has 2 rings (SSSR count). The maximum atomic E-state index is 11.5. The van der Waals surface area contributed by atoms with Crippen molar-refractivity contribution in [2.45, 2.75) is 32.2 Å². The van der Waals surface area contributed by atoms with E-state index < -0.39 is 11.5 Å². The Kier molecular flexibility index (Phi) is 2.94. The molecular formula is C13H16BrNO2. The van der Waals surface area contributed by atoms with Crippen LogP contribution in [0.4, 0.5) is 5.69 Å². The van der Waals surface area contributed by atoms with Crippen LogP contribution in [0.15, 0.2) is 28.7 Å². The molecule has 0 bridgehead atoms. The predicted octanol–water partition coefficient (Wildman–Crippen LogP) is 3.50. The highest BCUT2D eigenvalue weighted by Gasteiger charge is 2.57. The van der Waals surface area contributed by atoms with Gasteiger partial charge in [0.2, 0.25) is 0 Å². The van der Waals surface area contributed by atoms with Gasteiger partial charge in [-0.2, -0.15) is 0 Å². The van der Waals surface area contributed by atoms with Gasteiger partial charge < -0.3 is 10.4 Å². The van der Waals surface area contributed by atoms with Crippen LogP contribution in [0.25, 0.3) is 0 Å². The van der Waals surface area contributed by atoms with Gasteiger partial charge in [0.25, 0.3) is 0 Å². The molecule has 0 saturated heterocycles. The molecule has 4 heteroatoms. The summed E-state index contributed by atoms with van der Waals surface area (Å²) in [7, 11) is 0. The number of nitrogens with one attached hydrogen (secondary N) is 1. The number of halogens is 1. The molecule has 0 aromatic heterocycles. The van der Waals surface area contributed by atoms with Gasteiger partial charge in [0, 0.05) is 15.6 Å². The van der Waals surface area contributed by atoms with Crippen LogP contribution in [0.2, 0.25) is 0 Å². The normalized spacial score (nSPS) is 20.4. The van der Waals surface area contributed by atoms with Crippen molar-refractivity contribution in [3.8, 4) is 0 Å². The van der Waals surface area contributed by atoms with Crippen molar-refractivity contribution < 1.29 is 9.90 Å². The highest BCUT2D eigenvalue weighted by Crippen LogP contribution is 2.54. The summed E-state index contributed by atoms with van der Waals surface area (Å²) in [6, 6.07) is 7.58. The summed E-state index contributed by atoms with van der Waals surface area (Å²) in [5.41, 5.74) is -0.210. The first kappa shape index (κ1) is 12.4. The van der Waals surface area contributed by atoms with Crippen LogP contribution in [0.5, 0.6) is 0 Å². The Bertz CT molecular complexity index is 439. The van der Waals surface area contributed by atoms with E-state index >= 15 is 0 Å². The third kappa shape index (κ3) is 2.18. The fourth-order valence-electron chi connectivity index (χ4n) is 1.97. The number of carbonyl (C=O) groups is 1. The Morgan fingerprint density at radius 2 is 1.94 bits per heavy atom. The lowest BCUT2D eigenvalue weighted by molar-refractivity contribution is -0.144. The molecule has 2 N–H and O–H groups in total. The standard InChI is InChI=1S/C13H16BrNO2/c1-12(7-8-12)13(2,11(16)17)15-10-5-3-9(14)4-6-10/h3-6,15H,7-8H2,1-2H3,(H,16,17). The second-order valence-electron chi connectivity index (χ2n) is 5.12. The molecule has 3 nitrogen and oxygen atoms in total. The third-order valence-electron chi connectivity index (χ3n) is 3.87. The van der Waals surface area contributed by atoms with Gasteiger partial charge >= 0.3 is 5.97 Å². The average Bonchev–Trinajstić information content (AvgIpc) is 3.01. The first-order valence-corrected chi connectivity index (χ1v) is 6.44. The number of benzene rings is 1. The second kappa shape index (κ2) is 4.02. The van der Waals surface area contributed by atoms with E-state index in [1.807, 2.05) is 31.2 Å². The number of aliphatic carboxylic acids is 1. The van der Waals surface area contributed by atoms with Gasteiger partial charge in [0.15, 0.2) is 0 Å². The van der Waals surface area contributed by atoms with Crippen molar-refractivity contribution in [2.75, 3.05) is 5.32 Å². The lowest BCUT2D eigenvalue weighted by Gasteiger charge is -2.33. The fraction of sp³-hybridized carbons (Fsp3) is 0.462. The van der Waals surface area contributed by atoms with Gasteiger partial charge in [0.1, 0.15) is 5.54 Å². The molecule has 0 heterocycles. The van der Waals surface area contributed by atoms with Crippen molar-refractivity contribution in [1.29, 1.82) is 0 Å². The molecule has 17 heavy (non-hydrogen) atoms. The smallest absolute Gasteiger partial charge is 0.329 e. The molecular weight excluding hydrogens is 282 g/mol. The summed E-state index contributed by atoms with van der Waals surface area (Å²) in [5, 5.41) is 12.6. The van der Waals surface area contributed by atoms with Crippen LogP contribution in [0.3, 0.4) is 0 Å². The molecule has 0 aliphatic heterocycles. The Labute approximate surface area is 109 Å². The van der Waals surface area contributed by atoms with Crippen molar-refractivity contribution in [2.24, 2.45) is 5.41 Å². The number of anilines is 1. The van der Waals surface area contributed by atoms with Gasteiger partial charge in [0.05, 0.1) is 0 Å². The molecule has 0 amide bonds. The number of rotatable bonds is 4.